The molecule has 15 heavy (non-hydrogen) atoms. The first-order valence-corrected chi connectivity index (χ1v) is 6.73. The van der Waals surface area contributed by atoms with Gasteiger partial charge < -0.3 is 5.73 Å². The van der Waals surface area contributed by atoms with Gasteiger partial charge in [0.15, 0.2) is 0 Å². The minimum Gasteiger partial charge on any atom is -0.330 e. The number of hydrogen-bond donors (Lipinski definition) is 1. The van der Waals surface area contributed by atoms with Gasteiger partial charge in [0.05, 0.1) is 0 Å². The van der Waals surface area contributed by atoms with Gasteiger partial charge in [-0.3, -0.25) is 4.21 Å². The van der Waals surface area contributed by atoms with Crippen molar-refractivity contribution in [3.8, 4) is 0 Å². The summed E-state index contributed by atoms with van der Waals surface area (Å²) in [5.41, 5.74) is 9.04. The van der Waals surface area contributed by atoms with E-state index in [9.17, 15) is 4.21 Å². The van der Waals surface area contributed by atoms with Gasteiger partial charge in [0.1, 0.15) is 0 Å². The van der Waals surface area contributed by atoms with Crippen molar-refractivity contribution in [2.75, 3.05) is 12.3 Å². The summed E-state index contributed by atoms with van der Waals surface area (Å²) in [4.78, 5) is 0. The minimum absolute atomic E-state index is 0.624. The van der Waals surface area contributed by atoms with Crippen molar-refractivity contribution in [1.29, 1.82) is 0 Å². The average Bonchev–Trinajstić information content (AvgIpc) is 2.20. The molecular formula is C12H19NOS. The van der Waals surface area contributed by atoms with E-state index in [1.807, 2.05) is 0 Å². The molecule has 0 saturated carbocycles. The van der Waals surface area contributed by atoms with Crippen molar-refractivity contribution < 1.29 is 4.21 Å². The van der Waals surface area contributed by atoms with Crippen LogP contribution >= 0.6 is 0 Å². The summed E-state index contributed by atoms with van der Waals surface area (Å²) in [6.45, 7) is 4.75. The van der Waals surface area contributed by atoms with Crippen LogP contribution in [0.4, 0.5) is 0 Å². The molecule has 0 radical (unpaired) electrons. The van der Waals surface area contributed by atoms with Crippen LogP contribution in [0.15, 0.2) is 18.2 Å². The van der Waals surface area contributed by atoms with Gasteiger partial charge in [-0.15, -0.1) is 0 Å². The van der Waals surface area contributed by atoms with Crippen molar-refractivity contribution in [2.45, 2.75) is 26.0 Å². The Kier molecular flexibility index (Phi) is 4.99. The van der Waals surface area contributed by atoms with Crippen LogP contribution in [0.1, 0.15) is 23.1 Å². The SMILES string of the molecule is Cc1ccc(C)c(CS(=O)CCCN)c1. The van der Waals surface area contributed by atoms with Gasteiger partial charge in [-0.25, -0.2) is 0 Å². The summed E-state index contributed by atoms with van der Waals surface area (Å²) >= 11 is 0. The highest BCUT2D eigenvalue weighted by Crippen LogP contribution is 2.13. The zero-order valence-electron chi connectivity index (χ0n) is 9.45. The highest BCUT2D eigenvalue weighted by molar-refractivity contribution is 7.84. The molecule has 0 aliphatic carbocycles. The second-order valence-electron chi connectivity index (χ2n) is 3.86. The lowest BCUT2D eigenvalue weighted by Gasteiger charge is -2.06. The maximum Gasteiger partial charge on any atom is 0.0488 e. The highest BCUT2D eigenvalue weighted by atomic mass is 32.2. The molecule has 2 N–H and O–H groups in total. The Morgan fingerprint density at radius 2 is 2.07 bits per heavy atom. The first-order chi connectivity index (χ1) is 7.13. The molecule has 0 aliphatic rings. The zero-order chi connectivity index (χ0) is 11.3. The van der Waals surface area contributed by atoms with Crippen LogP contribution in [0.2, 0.25) is 0 Å². The van der Waals surface area contributed by atoms with Crippen LogP contribution in [0.25, 0.3) is 0 Å². The Bertz CT molecular complexity index is 349. The average molecular weight is 225 g/mol. The van der Waals surface area contributed by atoms with Crippen LogP contribution in [0, 0.1) is 13.8 Å². The van der Waals surface area contributed by atoms with Crippen LogP contribution in [-0.4, -0.2) is 16.5 Å². The summed E-state index contributed by atoms with van der Waals surface area (Å²) in [5.74, 6) is 1.37. The van der Waals surface area contributed by atoms with E-state index in [-0.39, 0.29) is 0 Å². The van der Waals surface area contributed by atoms with E-state index in [0.717, 1.165) is 6.42 Å². The fraction of sp³-hybridized carbons (Fsp3) is 0.500. The molecule has 0 spiro atoms. The molecule has 1 aromatic rings. The second kappa shape index (κ2) is 6.03. The van der Waals surface area contributed by atoms with Crippen molar-refractivity contribution in [3.63, 3.8) is 0 Å². The highest BCUT2D eigenvalue weighted by Gasteiger charge is 2.04. The van der Waals surface area contributed by atoms with Crippen LogP contribution in [-0.2, 0) is 16.6 Å². The maximum atomic E-state index is 11.7. The molecule has 0 fully saturated rings. The number of rotatable bonds is 5. The van der Waals surface area contributed by atoms with E-state index in [1.165, 1.54) is 16.7 Å². The third-order valence-electron chi connectivity index (χ3n) is 2.40. The monoisotopic (exact) mass is 225 g/mol. The lowest BCUT2D eigenvalue weighted by Crippen LogP contribution is -2.08. The predicted molar refractivity (Wildman–Crippen MR) is 66.3 cm³/mol. The molecule has 0 amide bonds. The third-order valence-corrected chi connectivity index (χ3v) is 3.77. The number of aryl methyl sites for hydroxylation is 2. The Labute approximate surface area is 94.3 Å². The van der Waals surface area contributed by atoms with Gasteiger partial charge in [0.25, 0.3) is 0 Å². The number of hydrogen-bond acceptors (Lipinski definition) is 2. The summed E-state index contributed by atoms with van der Waals surface area (Å²) < 4.78 is 11.7. The zero-order valence-corrected chi connectivity index (χ0v) is 10.3. The Hall–Kier alpha value is -0.670. The molecule has 2 nitrogen and oxygen atoms in total. The molecule has 1 rings (SSSR count). The van der Waals surface area contributed by atoms with E-state index in [4.69, 9.17) is 5.73 Å². The van der Waals surface area contributed by atoms with Gasteiger partial charge in [-0.05, 0) is 37.9 Å². The lowest BCUT2D eigenvalue weighted by molar-refractivity contribution is 0.680. The number of benzene rings is 1. The van der Waals surface area contributed by atoms with Gasteiger partial charge in [-0.2, -0.15) is 0 Å². The Morgan fingerprint density at radius 1 is 1.33 bits per heavy atom. The van der Waals surface area contributed by atoms with Crippen molar-refractivity contribution in [1.82, 2.24) is 0 Å². The van der Waals surface area contributed by atoms with E-state index < -0.39 is 10.8 Å². The largest absolute Gasteiger partial charge is 0.330 e. The van der Waals surface area contributed by atoms with E-state index in [2.05, 4.69) is 32.0 Å². The quantitative estimate of drug-likeness (QED) is 0.831. The summed E-state index contributed by atoms with van der Waals surface area (Å²) in [7, 11) is -0.769. The second-order valence-corrected chi connectivity index (χ2v) is 5.44. The van der Waals surface area contributed by atoms with Crippen LogP contribution < -0.4 is 5.73 Å². The minimum atomic E-state index is -0.769. The summed E-state index contributed by atoms with van der Waals surface area (Å²) in [6.07, 6.45) is 0.845. The Morgan fingerprint density at radius 3 is 2.73 bits per heavy atom. The fourth-order valence-corrected chi connectivity index (χ4v) is 2.74. The van der Waals surface area contributed by atoms with Crippen molar-refractivity contribution in [3.05, 3.63) is 34.9 Å². The van der Waals surface area contributed by atoms with Gasteiger partial charge in [0.2, 0.25) is 0 Å². The van der Waals surface area contributed by atoms with E-state index in [0.29, 0.717) is 18.1 Å². The topological polar surface area (TPSA) is 43.1 Å². The van der Waals surface area contributed by atoms with Crippen LogP contribution in [0.5, 0.6) is 0 Å². The summed E-state index contributed by atoms with van der Waals surface area (Å²) in [6, 6.07) is 6.29. The van der Waals surface area contributed by atoms with Gasteiger partial charge in [-0.1, -0.05) is 23.8 Å². The van der Waals surface area contributed by atoms with Gasteiger partial charge >= 0.3 is 0 Å². The molecule has 84 valence electrons. The first kappa shape index (κ1) is 12.4. The smallest absolute Gasteiger partial charge is 0.0488 e. The van der Waals surface area contributed by atoms with Crippen LogP contribution in [0.3, 0.4) is 0 Å². The normalized spacial score (nSPS) is 12.7. The molecule has 0 aliphatic heterocycles. The van der Waals surface area contributed by atoms with E-state index >= 15 is 0 Å². The number of nitrogens with two attached hydrogens (primary N) is 1. The third kappa shape index (κ3) is 4.14. The van der Waals surface area contributed by atoms with Crippen molar-refractivity contribution >= 4 is 10.8 Å². The molecule has 0 saturated heterocycles. The van der Waals surface area contributed by atoms with Crippen molar-refractivity contribution in [2.24, 2.45) is 5.73 Å². The van der Waals surface area contributed by atoms with E-state index in [1.54, 1.807) is 0 Å². The fourth-order valence-electron chi connectivity index (χ4n) is 1.45. The molecule has 1 atom stereocenters. The van der Waals surface area contributed by atoms with Gasteiger partial charge in [0, 0.05) is 22.3 Å². The lowest BCUT2D eigenvalue weighted by atomic mass is 10.1. The molecule has 1 unspecified atom stereocenters. The first-order valence-electron chi connectivity index (χ1n) is 5.24. The molecule has 0 heterocycles. The molecular weight excluding hydrogens is 206 g/mol. The maximum absolute atomic E-state index is 11.7. The molecule has 0 aromatic heterocycles. The standard InChI is InChI=1S/C12H19NOS/c1-10-4-5-11(2)12(8-10)9-15(14)7-3-6-13/h4-5,8H,3,6-7,9,13H2,1-2H3. The summed E-state index contributed by atoms with van der Waals surface area (Å²) in [5, 5.41) is 0. The Balaban J connectivity index is 2.63. The molecule has 3 heteroatoms. The molecule has 0 bridgehead atoms. The molecule has 1 aromatic carbocycles. The predicted octanol–water partition coefficient (Wildman–Crippen LogP) is 1.90.